The third-order valence-electron chi connectivity index (χ3n) is 4.86. The van der Waals surface area contributed by atoms with Gasteiger partial charge in [-0.15, -0.1) is 0 Å². The smallest absolute Gasteiger partial charge is 0.254 e. The number of hydrogen-bond donors (Lipinski definition) is 1. The summed E-state index contributed by atoms with van der Waals surface area (Å²) in [6.45, 7) is 5.33. The van der Waals surface area contributed by atoms with Crippen LogP contribution in [0.3, 0.4) is 0 Å². The zero-order chi connectivity index (χ0) is 17.8. The molecule has 1 amide bonds. The molecule has 2 aromatic rings. The molecule has 7 heteroatoms. The molecular formula is C18H25N5O2. The molecule has 1 saturated heterocycles. The Kier molecular flexibility index (Phi) is 5.31. The van der Waals surface area contributed by atoms with Gasteiger partial charge in [0, 0.05) is 30.4 Å². The molecule has 134 valence electrons. The zero-order valence-corrected chi connectivity index (χ0v) is 14.9. The molecule has 25 heavy (non-hydrogen) atoms. The Morgan fingerprint density at radius 3 is 2.92 bits per heavy atom. The fourth-order valence-corrected chi connectivity index (χ4v) is 3.49. The molecular weight excluding hydrogens is 318 g/mol. The number of carbonyl (C=O) groups is 1. The summed E-state index contributed by atoms with van der Waals surface area (Å²) in [6, 6.07) is 0.175. The second kappa shape index (κ2) is 7.63. The van der Waals surface area contributed by atoms with Crippen LogP contribution in [-0.2, 0) is 17.8 Å². The van der Waals surface area contributed by atoms with E-state index in [0.717, 1.165) is 37.9 Å². The van der Waals surface area contributed by atoms with E-state index in [-0.39, 0.29) is 17.5 Å². The van der Waals surface area contributed by atoms with Crippen molar-refractivity contribution in [3.63, 3.8) is 0 Å². The predicted molar refractivity (Wildman–Crippen MR) is 94.2 cm³/mol. The van der Waals surface area contributed by atoms with Gasteiger partial charge in [-0.3, -0.25) is 14.3 Å². The average molecular weight is 343 g/mol. The Labute approximate surface area is 147 Å². The number of amides is 1. The lowest BCUT2D eigenvalue weighted by atomic mass is 10.0. The molecule has 1 aliphatic rings. The van der Waals surface area contributed by atoms with E-state index in [1.54, 1.807) is 6.92 Å². The first-order valence-electron chi connectivity index (χ1n) is 8.86. The fraction of sp³-hybridized carbons (Fsp3) is 0.556. The minimum atomic E-state index is -0.150. The predicted octanol–water partition coefficient (Wildman–Crippen LogP) is 1.60. The molecule has 0 bridgehead atoms. The van der Waals surface area contributed by atoms with Gasteiger partial charge in [-0.1, -0.05) is 0 Å². The van der Waals surface area contributed by atoms with E-state index < -0.39 is 0 Å². The number of likely N-dealkylation sites (tertiary alicyclic amines) is 1. The van der Waals surface area contributed by atoms with Crippen LogP contribution in [0, 0.1) is 13.8 Å². The van der Waals surface area contributed by atoms with E-state index in [0.29, 0.717) is 24.1 Å². The number of carbonyl (C=O) groups excluding carboxylic acids is 1. The van der Waals surface area contributed by atoms with Crippen molar-refractivity contribution in [3.05, 3.63) is 45.9 Å². The number of nitrogens with one attached hydrogen (secondary N) is 1. The fourth-order valence-electron chi connectivity index (χ4n) is 3.49. The summed E-state index contributed by atoms with van der Waals surface area (Å²) in [7, 11) is 0. The third kappa shape index (κ3) is 4.15. The first-order valence-corrected chi connectivity index (χ1v) is 8.86. The van der Waals surface area contributed by atoms with E-state index in [9.17, 15) is 9.59 Å². The molecule has 3 heterocycles. The summed E-state index contributed by atoms with van der Waals surface area (Å²) in [4.78, 5) is 33.3. The molecule has 0 aliphatic carbocycles. The first-order chi connectivity index (χ1) is 12.0. The second-order valence-electron chi connectivity index (χ2n) is 6.77. The number of hydrogen-bond acceptors (Lipinski definition) is 4. The number of piperidine rings is 1. The van der Waals surface area contributed by atoms with Gasteiger partial charge in [0.1, 0.15) is 0 Å². The van der Waals surface area contributed by atoms with Gasteiger partial charge in [0.25, 0.3) is 5.56 Å². The van der Waals surface area contributed by atoms with Crippen molar-refractivity contribution < 1.29 is 4.79 Å². The summed E-state index contributed by atoms with van der Waals surface area (Å²) >= 11 is 0. The maximum absolute atomic E-state index is 12.8. The molecule has 1 unspecified atom stereocenters. The first kappa shape index (κ1) is 17.4. The van der Waals surface area contributed by atoms with Gasteiger partial charge in [-0.05, 0) is 45.1 Å². The van der Waals surface area contributed by atoms with Crippen molar-refractivity contribution >= 4 is 5.91 Å². The van der Waals surface area contributed by atoms with Gasteiger partial charge in [-0.2, -0.15) is 5.10 Å². The van der Waals surface area contributed by atoms with Crippen molar-refractivity contribution in [3.8, 4) is 0 Å². The van der Waals surface area contributed by atoms with Crippen molar-refractivity contribution in [2.24, 2.45) is 0 Å². The summed E-state index contributed by atoms with van der Waals surface area (Å²) < 4.78 is 1.92. The molecule has 1 atom stereocenters. The highest BCUT2D eigenvalue weighted by molar-refractivity contribution is 5.77. The van der Waals surface area contributed by atoms with Crippen LogP contribution in [0.15, 0.2) is 23.5 Å². The normalized spacial score (nSPS) is 17.7. The number of H-pyrrole nitrogens is 1. The van der Waals surface area contributed by atoms with Crippen molar-refractivity contribution in [1.29, 1.82) is 0 Å². The Morgan fingerprint density at radius 2 is 2.20 bits per heavy atom. The minimum Gasteiger partial charge on any atom is -0.338 e. The number of nitrogens with zero attached hydrogens (tertiary/aromatic N) is 4. The second-order valence-corrected chi connectivity index (χ2v) is 6.77. The van der Waals surface area contributed by atoms with Crippen molar-refractivity contribution in [2.45, 2.75) is 58.5 Å². The van der Waals surface area contributed by atoms with Gasteiger partial charge in [-0.25, -0.2) is 4.98 Å². The Bertz CT molecular complexity index is 795. The van der Waals surface area contributed by atoms with Crippen LogP contribution in [0.5, 0.6) is 0 Å². The lowest BCUT2D eigenvalue weighted by molar-refractivity contribution is -0.135. The van der Waals surface area contributed by atoms with Crippen LogP contribution in [0.2, 0.25) is 0 Å². The van der Waals surface area contributed by atoms with Crippen LogP contribution >= 0.6 is 0 Å². The van der Waals surface area contributed by atoms with Gasteiger partial charge < -0.3 is 9.88 Å². The summed E-state index contributed by atoms with van der Waals surface area (Å²) in [5.41, 5.74) is 2.27. The Morgan fingerprint density at radius 1 is 1.36 bits per heavy atom. The molecule has 0 radical (unpaired) electrons. The molecule has 1 fully saturated rings. The summed E-state index contributed by atoms with van der Waals surface area (Å²) in [5.74, 6) is 0.108. The van der Waals surface area contributed by atoms with Gasteiger partial charge in [0.2, 0.25) is 5.91 Å². The van der Waals surface area contributed by atoms with Crippen LogP contribution in [0.1, 0.15) is 42.5 Å². The molecule has 0 aromatic carbocycles. The molecule has 0 spiro atoms. The van der Waals surface area contributed by atoms with Gasteiger partial charge in [0.05, 0.1) is 25.1 Å². The highest BCUT2D eigenvalue weighted by atomic mass is 16.2. The molecule has 3 rings (SSSR count). The molecule has 0 saturated carbocycles. The summed E-state index contributed by atoms with van der Waals surface area (Å²) in [5, 5.41) is 4.35. The quantitative estimate of drug-likeness (QED) is 0.894. The lowest BCUT2D eigenvalue weighted by Gasteiger charge is -2.36. The molecule has 1 aliphatic heterocycles. The van der Waals surface area contributed by atoms with E-state index >= 15 is 0 Å². The van der Waals surface area contributed by atoms with Gasteiger partial charge in [0.15, 0.2) is 0 Å². The third-order valence-corrected chi connectivity index (χ3v) is 4.86. The minimum absolute atomic E-state index is 0.108. The van der Waals surface area contributed by atoms with Gasteiger partial charge >= 0.3 is 0 Å². The topological polar surface area (TPSA) is 83.9 Å². The number of rotatable bonds is 5. The molecule has 7 nitrogen and oxygen atoms in total. The lowest BCUT2D eigenvalue weighted by Crippen LogP contribution is -2.46. The van der Waals surface area contributed by atoms with E-state index in [1.807, 2.05) is 28.9 Å². The molecule has 2 aromatic heterocycles. The van der Waals surface area contributed by atoms with Crippen LogP contribution < -0.4 is 5.56 Å². The number of aromatic nitrogens is 4. The number of aromatic amines is 1. The highest BCUT2D eigenvalue weighted by Gasteiger charge is 2.27. The average Bonchev–Trinajstić information content (AvgIpc) is 2.99. The summed E-state index contributed by atoms with van der Waals surface area (Å²) in [6.07, 6.45) is 9.18. The van der Waals surface area contributed by atoms with Crippen molar-refractivity contribution in [1.82, 2.24) is 24.6 Å². The monoisotopic (exact) mass is 343 g/mol. The van der Waals surface area contributed by atoms with Crippen molar-refractivity contribution in [2.75, 3.05) is 6.54 Å². The maximum atomic E-state index is 12.8. The Balaban J connectivity index is 1.65. The Hall–Kier alpha value is -2.44. The van der Waals surface area contributed by atoms with E-state index in [4.69, 9.17) is 0 Å². The zero-order valence-electron chi connectivity index (χ0n) is 14.9. The standard InChI is InChI=1S/C18H25N5O2/c1-13-9-21-22(10-13)11-15-5-3-4-8-23(15)17(24)7-6-16-14(2)19-12-20-18(16)25/h9-10,12,15H,3-8,11H2,1-2H3,(H,19,20,25). The largest absolute Gasteiger partial charge is 0.338 e. The van der Waals surface area contributed by atoms with E-state index in [1.165, 1.54) is 6.33 Å². The number of aryl methyl sites for hydroxylation is 2. The SMILES string of the molecule is Cc1cnn(CC2CCCCN2C(=O)CCc2c(C)nc[nH]c2=O)c1. The maximum Gasteiger partial charge on any atom is 0.254 e. The molecule has 1 N–H and O–H groups in total. The highest BCUT2D eigenvalue weighted by Crippen LogP contribution is 2.20. The van der Waals surface area contributed by atoms with E-state index in [2.05, 4.69) is 15.1 Å². The van der Waals surface area contributed by atoms with Crippen LogP contribution in [0.25, 0.3) is 0 Å². The van der Waals surface area contributed by atoms with Crippen LogP contribution in [-0.4, -0.2) is 43.1 Å². The van der Waals surface area contributed by atoms with Crippen LogP contribution in [0.4, 0.5) is 0 Å².